The Hall–Kier alpha value is -3.33. The van der Waals surface area contributed by atoms with Crippen LogP contribution in [0.3, 0.4) is 0 Å². The van der Waals surface area contributed by atoms with E-state index in [2.05, 4.69) is 69.0 Å². The van der Waals surface area contributed by atoms with Gasteiger partial charge in [-0.3, -0.25) is 0 Å². The van der Waals surface area contributed by atoms with Crippen LogP contribution in [-0.2, 0) is 4.79 Å². The number of hydrogen-bond donors (Lipinski definition) is 2. The van der Waals surface area contributed by atoms with E-state index in [0.29, 0.717) is 12.5 Å². The summed E-state index contributed by atoms with van der Waals surface area (Å²) in [5.74, 6) is 0.833. The second kappa shape index (κ2) is 11.6. The molecule has 0 amide bonds. The van der Waals surface area contributed by atoms with Crippen LogP contribution in [0, 0.1) is 26.2 Å². The summed E-state index contributed by atoms with van der Waals surface area (Å²) in [4.78, 5) is 8.90. The van der Waals surface area contributed by atoms with Crippen molar-refractivity contribution in [1.29, 1.82) is 0 Å². The highest BCUT2D eigenvalue weighted by Crippen LogP contribution is 2.37. The van der Waals surface area contributed by atoms with Gasteiger partial charge in [0.1, 0.15) is 0 Å². The molecule has 1 fully saturated rings. The summed E-state index contributed by atoms with van der Waals surface area (Å²) in [7, 11) is 0. The Morgan fingerprint density at radius 3 is 2.53 bits per heavy atom. The van der Waals surface area contributed by atoms with Crippen LogP contribution in [0.1, 0.15) is 79.5 Å². The van der Waals surface area contributed by atoms with Crippen molar-refractivity contribution in [3.05, 3.63) is 40.7 Å². The quantitative estimate of drug-likeness (QED) is 0.478. The molecule has 2 aliphatic rings. The van der Waals surface area contributed by atoms with Gasteiger partial charge >= 0.3 is 12.1 Å². The minimum Gasteiger partial charge on any atom is -0.475 e. The van der Waals surface area contributed by atoms with Gasteiger partial charge in [-0.1, -0.05) is 36.6 Å². The summed E-state index contributed by atoms with van der Waals surface area (Å²) in [5, 5.41) is 32.2. The first-order valence-corrected chi connectivity index (χ1v) is 11.8. The zero-order chi connectivity index (χ0) is 26.3. The summed E-state index contributed by atoms with van der Waals surface area (Å²) in [6.07, 6.45) is 7.46. The van der Waals surface area contributed by atoms with Crippen molar-refractivity contribution in [3.63, 3.8) is 0 Å². The lowest BCUT2D eigenvalue weighted by molar-refractivity contribution is -0.192. The van der Waals surface area contributed by atoms with Gasteiger partial charge < -0.3 is 10.4 Å². The number of terminal acetylenes is 1. The predicted molar refractivity (Wildman–Crippen MR) is 125 cm³/mol. The average Bonchev–Trinajstić information content (AvgIpc) is 3.19. The normalized spacial score (nSPS) is 17.2. The number of halogens is 3. The molecule has 1 saturated carbocycles. The highest BCUT2D eigenvalue weighted by molar-refractivity contribution is 5.73. The Morgan fingerprint density at radius 2 is 1.94 bits per heavy atom. The Morgan fingerprint density at radius 1 is 1.28 bits per heavy atom. The molecule has 12 heteroatoms. The van der Waals surface area contributed by atoms with Gasteiger partial charge in [0, 0.05) is 25.8 Å². The maximum absolute atomic E-state index is 10.6. The largest absolute Gasteiger partial charge is 0.490 e. The summed E-state index contributed by atoms with van der Waals surface area (Å²) in [6, 6.07) is 6.88. The number of nitrogens with zero attached hydrogens (tertiary/aromatic N) is 6. The van der Waals surface area contributed by atoms with Crippen LogP contribution in [-0.4, -0.2) is 49.7 Å². The van der Waals surface area contributed by atoms with Crippen molar-refractivity contribution in [2.45, 2.75) is 82.7 Å². The van der Waals surface area contributed by atoms with Crippen molar-refractivity contribution >= 4 is 5.97 Å². The standard InChI is InChI=1S/C22H29N7.C2HF3O2/c1-4-5-12-22(25-26-22)13-14-23-20(19-15-16(2)10-11-17(19)3)21-24-27-28-29(21)18-8-6-7-9-18;3-2(4,5)1(6)7/h1,10-11,15,18,20,23H,5-9,12-14H2,2-3H3;(H,6,7). The Bertz CT molecular complexity index is 1110. The van der Waals surface area contributed by atoms with Crippen molar-refractivity contribution in [1.82, 2.24) is 25.5 Å². The number of carbonyl (C=O) groups is 1. The van der Waals surface area contributed by atoms with Crippen molar-refractivity contribution in [2.75, 3.05) is 6.54 Å². The van der Waals surface area contributed by atoms with Crippen LogP contribution in [0.25, 0.3) is 0 Å². The van der Waals surface area contributed by atoms with Gasteiger partial charge in [0.15, 0.2) is 11.5 Å². The molecule has 1 aromatic heterocycles. The van der Waals surface area contributed by atoms with Crippen LogP contribution in [0.4, 0.5) is 13.2 Å². The minimum atomic E-state index is -5.08. The zero-order valence-electron chi connectivity index (χ0n) is 20.3. The van der Waals surface area contributed by atoms with Gasteiger partial charge in [0.2, 0.25) is 0 Å². The van der Waals surface area contributed by atoms with Gasteiger partial charge in [-0.15, -0.1) is 17.4 Å². The van der Waals surface area contributed by atoms with E-state index in [9.17, 15) is 13.2 Å². The third-order valence-corrected chi connectivity index (χ3v) is 6.36. The molecule has 4 rings (SSSR count). The zero-order valence-corrected chi connectivity index (χ0v) is 20.3. The minimum absolute atomic E-state index is 0.0612. The molecule has 2 N–H and O–H groups in total. The van der Waals surface area contributed by atoms with E-state index in [0.717, 1.165) is 38.1 Å². The fourth-order valence-corrected chi connectivity index (χ4v) is 4.30. The SMILES string of the molecule is C#CCCC1(CCNC(c2cc(C)ccc2C)c2nnnn2C2CCCC2)N=N1.O=C(O)C(F)(F)F. The molecule has 2 aromatic rings. The van der Waals surface area contributed by atoms with E-state index >= 15 is 0 Å². The lowest BCUT2D eigenvalue weighted by Crippen LogP contribution is -2.30. The number of aromatic nitrogens is 4. The van der Waals surface area contributed by atoms with E-state index in [1.165, 1.54) is 29.5 Å². The number of benzene rings is 1. The Kier molecular flexibility index (Phi) is 8.79. The van der Waals surface area contributed by atoms with Crippen LogP contribution < -0.4 is 5.32 Å². The molecule has 9 nitrogen and oxygen atoms in total. The van der Waals surface area contributed by atoms with Crippen LogP contribution in [0.15, 0.2) is 28.4 Å². The van der Waals surface area contributed by atoms with Crippen molar-refractivity contribution in [3.8, 4) is 12.3 Å². The number of nitrogens with one attached hydrogen (secondary N) is 1. The topological polar surface area (TPSA) is 118 Å². The lowest BCUT2D eigenvalue weighted by atomic mass is 9.97. The van der Waals surface area contributed by atoms with Crippen LogP contribution in [0.5, 0.6) is 0 Å². The lowest BCUT2D eigenvalue weighted by Gasteiger charge is -2.23. The molecule has 194 valence electrons. The van der Waals surface area contributed by atoms with Gasteiger partial charge in [0.25, 0.3) is 0 Å². The number of alkyl halides is 3. The molecule has 1 atom stereocenters. The Labute approximate surface area is 207 Å². The molecule has 0 spiro atoms. The van der Waals surface area contributed by atoms with Gasteiger partial charge in [-0.2, -0.15) is 23.4 Å². The van der Waals surface area contributed by atoms with Gasteiger partial charge in [-0.25, -0.2) is 9.48 Å². The molecule has 0 bridgehead atoms. The monoisotopic (exact) mass is 505 g/mol. The molecule has 1 aromatic carbocycles. The Balaban J connectivity index is 0.000000454. The number of hydrogen-bond acceptors (Lipinski definition) is 7. The van der Waals surface area contributed by atoms with E-state index < -0.39 is 12.1 Å². The molecule has 1 unspecified atom stereocenters. The molecular weight excluding hydrogens is 475 g/mol. The summed E-state index contributed by atoms with van der Waals surface area (Å²) < 4.78 is 33.8. The van der Waals surface area contributed by atoms with Crippen LogP contribution >= 0.6 is 0 Å². The molecule has 1 aliphatic heterocycles. The predicted octanol–water partition coefficient (Wildman–Crippen LogP) is 4.68. The highest BCUT2D eigenvalue weighted by atomic mass is 19.4. The number of rotatable bonds is 9. The molecule has 1 aliphatic carbocycles. The summed E-state index contributed by atoms with van der Waals surface area (Å²) >= 11 is 0. The fourth-order valence-electron chi connectivity index (χ4n) is 4.30. The second-order valence-electron chi connectivity index (χ2n) is 9.11. The first-order valence-electron chi connectivity index (χ1n) is 11.8. The summed E-state index contributed by atoms with van der Waals surface area (Å²) in [6.45, 7) is 5.04. The molecule has 0 radical (unpaired) electrons. The third-order valence-electron chi connectivity index (χ3n) is 6.36. The number of carboxylic acid groups (broad SMARTS) is 1. The van der Waals surface area contributed by atoms with Gasteiger partial charge in [0.05, 0.1) is 12.1 Å². The van der Waals surface area contributed by atoms with E-state index in [1.807, 2.05) is 4.68 Å². The van der Waals surface area contributed by atoms with Crippen molar-refractivity contribution in [2.24, 2.45) is 10.2 Å². The number of aryl methyl sites for hydroxylation is 2. The molecular formula is C24H30F3N7O2. The van der Waals surface area contributed by atoms with Crippen molar-refractivity contribution < 1.29 is 23.1 Å². The first-order chi connectivity index (χ1) is 17.1. The smallest absolute Gasteiger partial charge is 0.475 e. The fraction of sp³-hybridized carbons (Fsp3) is 0.583. The number of tetrazole rings is 1. The first kappa shape index (κ1) is 27.3. The number of aliphatic carboxylic acids is 1. The van der Waals surface area contributed by atoms with E-state index in [1.54, 1.807) is 0 Å². The highest BCUT2D eigenvalue weighted by Gasteiger charge is 2.39. The molecule has 2 heterocycles. The number of carboxylic acids is 1. The van der Waals surface area contributed by atoms with Crippen LogP contribution in [0.2, 0.25) is 0 Å². The van der Waals surface area contributed by atoms with E-state index in [4.69, 9.17) is 16.3 Å². The van der Waals surface area contributed by atoms with Gasteiger partial charge in [-0.05, 0) is 48.2 Å². The summed E-state index contributed by atoms with van der Waals surface area (Å²) in [5.41, 5.74) is 3.40. The molecule has 36 heavy (non-hydrogen) atoms. The average molecular weight is 506 g/mol. The second-order valence-corrected chi connectivity index (χ2v) is 9.11. The maximum atomic E-state index is 10.6. The van der Waals surface area contributed by atoms with E-state index in [-0.39, 0.29) is 11.7 Å². The maximum Gasteiger partial charge on any atom is 0.490 e. The molecule has 0 saturated heterocycles. The third kappa shape index (κ3) is 7.10.